The Morgan fingerprint density at radius 1 is 1.21 bits per heavy atom. The molecule has 3 aromatic rings. The molecule has 2 saturated carbocycles. The van der Waals surface area contributed by atoms with Gasteiger partial charge in [-0.25, -0.2) is 12.4 Å². The van der Waals surface area contributed by atoms with Crippen LogP contribution in [0.15, 0.2) is 47.3 Å². The van der Waals surface area contributed by atoms with Crippen LogP contribution in [-0.4, -0.2) is 32.4 Å². The molecule has 1 atom stereocenters. The van der Waals surface area contributed by atoms with Crippen LogP contribution in [0.5, 0.6) is 0 Å². The van der Waals surface area contributed by atoms with Crippen molar-refractivity contribution in [3.8, 4) is 0 Å². The van der Waals surface area contributed by atoms with E-state index in [0.29, 0.717) is 40.0 Å². The Morgan fingerprint density at radius 3 is 2.53 bits per heavy atom. The van der Waals surface area contributed by atoms with Crippen molar-refractivity contribution in [2.24, 2.45) is 11.8 Å². The predicted molar refractivity (Wildman–Crippen MR) is 130 cm³/mol. The Kier molecular flexibility index (Phi) is 4.58. The number of hydrogen-bond donors (Lipinski definition) is 1. The van der Waals surface area contributed by atoms with Gasteiger partial charge in [0, 0.05) is 23.5 Å². The van der Waals surface area contributed by atoms with E-state index in [-0.39, 0.29) is 11.8 Å². The summed E-state index contributed by atoms with van der Waals surface area (Å²) >= 11 is 0. The number of aliphatic hydroxyl groups is 1. The third kappa shape index (κ3) is 2.88. The van der Waals surface area contributed by atoms with E-state index >= 15 is 0 Å². The number of fused-ring (bicyclic) bond motifs is 1. The maximum Gasteiger partial charge on any atom is 0.249 e. The van der Waals surface area contributed by atoms with E-state index in [1.807, 2.05) is 25.2 Å². The lowest BCUT2D eigenvalue weighted by atomic mass is 9.85. The Labute approximate surface area is 199 Å². The number of rotatable bonds is 6. The average molecular weight is 480 g/mol. The van der Waals surface area contributed by atoms with Crippen molar-refractivity contribution in [2.45, 2.75) is 63.2 Å². The van der Waals surface area contributed by atoms with E-state index in [1.54, 1.807) is 38.4 Å². The van der Waals surface area contributed by atoms with Crippen LogP contribution < -0.4 is 0 Å². The number of aromatic nitrogens is 3. The first-order valence-electron chi connectivity index (χ1n) is 11.9. The molecule has 0 bridgehead atoms. The van der Waals surface area contributed by atoms with E-state index in [4.69, 9.17) is 4.52 Å². The number of pyridine rings is 1. The fraction of sp³-hybridized carbons (Fsp3) is 0.462. The topological polar surface area (TPSA) is 98.2 Å². The molecule has 178 valence electrons. The van der Waals surface area contributed by atoms with Gasteiger partial charge in [0.25, 0.3) is 0 Å². The van der Waals surface area contributed by atoms with Crippen molar-refractivity contribution in [1.29, 1.82) is 0 Å². The minimum atomic E-state index is -3.97. The summed E-state index contributed by atoms with van der Waals surface area (Å²) in [4.78, 5) is 4.57. The lowest BCUT2D eigenvalue weighted by Gasteiger charge is -2.33. The van der Waals surface area contributed by atoms with Crippen molar-refractivity contribution in [3.63, 3.8) is 0 Å². The summed E-state index contributed by atoms with van der Waals surface area (Å²) in [5.74, 6) is 0.918. The van der Waals surface area contributed by atoms with Gasteiger partial charge in [0.15, 0.2) is 0 Å². The van der Waals surface area contributed by atoms with E-state index in [1.165, 1.54) is 3.97 Å². The van der Waals surface area contributed by atoms with Gasteiger partial charge in [-0.3, -0.25) is 4.98 Å². The maximum atomic E-state index is 14.5. The molecule has 8 heteroatoms. The van der Waals surface area contributed by atoms with Crippen LogP contribution in [0.1, 0.15) is 61.6 Å². The van der Waals surface area contributed by atoms with Gasteiger partial charge in [-0.05, 0) is 82.4 Å². The summed E-state index contributed by atoms with van der Waals surface area (Å²) in [6, 6.07) is 3.53. The van der Waals surface area contributed by atoms with E-state index in [2.05, 4.69) is 10.1 Å². The van der Waals surface area contributed by atoms with E-state index < -0.39 is 20.4 Å². The van der Waals surface area contributed by atoms with E-state index in [9.17, 15) is 13.5 Å². The zero-order chi connectivity index (χ0) is 23.9. The van der Waals surface area contributed by atoms with Gasteiger partial charge in [-0.2, -0.15) is 0 Å². The molecule has 1 N–H and O–H groups in total. The smallest absolute Gasteiger partial charge is 0.249 e. The standard InChI is InChI=1S/C26H29N3O4S/c1-16-23(17(2)33-28-16)20-7-4-5-13-25(20,3)34(31,32)29-15-21(24-22(29)8-6-14-27-24)26(30,18-9-10-18)19-11-12-19/h4-8,14-15,18-19,30H,9-13H2,1-3H3. The molecule has 0 aliphatic heterocycles. The maximum absolute atomic E-state index is 14.5. The number of nitrogens with zero attached hydrogens (tertiary/aromatic N) is 3. The molecule has 34 heavy (non-hydrogen) atoms. The molecule has 2 fully saturated rings. The first-order chi connectivity index (χ1) is 16.2. The Bertz CT molecular complexity index is 1440. The largest absolute Gasteiger partial charge is 0.384 e. The van der Waals surface area contributed by atoms with Crippen LogP contribution in [0.25, 0.3) is 16.6 Å². The molecule has 3 aliphatic carbocycles. The number of hydrogen-bond acceptors (Lipinski definition) is 6. The highest BCUT2D eigenvalue weighted by Crippen LogP contribution is 2.58. The monoisotopic (exact) mass is 479 g/mol. The third-order valence-electron chi connectivity index (χ3n) is 7.96. The highest BCUT2D eigenvalue weighted by atomic mass is 32.2. The molecule has 0 saturated heterocycles. The zero-order valence-corrected chi connectivity index (χ0v) is 20.5. The van der Waals surface area contributed by atoms with Crippen molar-refractivity contribution < 1.29 is 18.0 Å². The van der Waals surface area contributed by atoms with Crippen LogP contribution in [0.3, 0.4) is 0 Å². The normalized spacial score (nSPS) is 23.5. The molecule has 3 aromatic heterocycles. The molecule has 0 spiro atoms. The molecule has 3 aliphatic rings. The molecule has 1 unspecified atom stereocenters. The second-order valence-corrected chi connectivity index (χ2v) is 12.5. The van der Waals surface area contributed by atoms with Crippen molar-refractivity contribution in [2.75, 3.05) is 0 Å². The van der Waals surface area contributed by atoms with Crippen molar-refractivity contribution in [1.82, 2.24) is 14.1 Å². The first kappa shape index (κ1) is 21.8. The lowest BCUT2D eigenvalue weighted by molar-refractivity contribution is -0.00896. The second-order valence-electron chi connectivity index (χ2n) is 10.2. The van der Waals surface area contributed by atoms with Gasteiger partial charge in [-0.15, -0.1) is 0 Å². The van der Waals surface area contributed by atoms with Crippen LogP contribution >= 0.6 is 0 Å². The second kappa shape index (κ2) is 7.15. The lowest BCUT2D eigenvalue weighted by Crippen LogP contribution is -2.41. The molecule has 6 rings (SSSR count). The average Bonchev–Trinajstić information content (AvgIpc) is 3.74. The quantitative estimate of drug-likeness (QED) is 0.554. The van der Waals surface area contributed by atoms with Crippen LogP contribution in [0, 0.1) is 25.7 Å². The highest BCUT2D eigenvalue weighted by Gasteiger charge is 2.56. The minimum Gasteiger partial charge on any atom is -0.384 e. The SMILES string of the molecule is Cc1noc(C)c1C1=CC=CCC1(C)S(=O)(=O)n1cc(C(O)(C2CC2)C2CC2)c2ncccc21. The summed E-state index contributed by atoms with van der Waals surface area (Å²) in [5.41, 5.74) is 2.76. The summed E-state index contributed by atoms with van der Waals surface area (Å²) in [6.07, 6.45) is 13.1. The van der Waals surface area contributed by atoms with Crippen LogP contribution in [-0.2, 0) is 15.6 Å². The Hall–Kier alpha value is -2.71. The summed E-state index contributed by atoms with van der Waals surface area (Å²) < 4.78 is 34.5. The summed E-state index contributed by atoms with van der Waals surface area (Å²) in [5, 5.41) is 16.0. The zero-order valence-electron chi connectivity index (χ0n) is 19.7. The number of aryl methyl sites for hydroxylation is 2. The summed E-state index contributed by atoms with van der Waals surface area (Å²) in [7, 11) is -3.97. The van der Waals surface area contributed by atoms with Crippen LogP contribution in [0.2, 0.25) is 0 Å². The minimum absolute atomic E-state index is 0.162. The fourth-order valence-corrected chi connectivity index (χ4v) is 7.60. The van der Waals surface area contributed by atoms with Gasteiger partial charge in [-0.1, -0.05) is 23.4 Å². The molecule has 3 heterocycles. The van der Waals surface area contributed by atoms with Crippen molar-refractivity contribution in [3.05, 3.63) is 65.3 Å². The molecule has 0 amide bonds. The highest BCUT2D eigenvalue weighted by molar-refractivity contribution is 7.92. The molecule has 0 radical (unpaired) electrons. The molecule has 0 aromatic carbocycles. The van der Waals surface area contributed by atoms with Gasteiger partial charge >= 0.3 is 0 Å². The fourth-order valence-electron chi connectivity index (χ4n) is 5.76. The third-order valence-corrected chi connectivity index (χ3v) is 10.3. The first-order valence-corrected chi connectivity index (χ1v) is 13.4. The van der Waals surface area contributed by atoms with Crippen LogP contribution in [0.4, 0.5) is 0 Å². The Balaban J connectivity index is 1.56. The van der Waals surface area contributed by atoms with Crippen molar-refractivity contribution >= 4 is 26.6 Å². The van der Waals surface area contributed by atoms with E-state index in [0.717, 1.165) is 31.2 Å². The van der Waals surface area contributed by atoms with Gasteiger partial charge in [0.2, 0.25) is 10.0 Å². The molecular formula is C26H29N3O4S. The predicted octanol–water partition coefficient (Wildman–Crippen LogP) is 4.63. The molecular weight excluding hydrogens is 450 g/mol. The molecule has 7 nitrogen and oxygen atoms in total. The van der Waals surface area contributed by atoms with Gasteiger partial charge in [0.05, 0.1) is 22.3 Å². The Morgan fingerprint density at radius 2 is 1.91 bits per heavy atom. The van der Waals surface area contributed by atoms with Gasteiger partial charge < -0.3 is 9.63 Å². The summed E-state index contributed by atoms with van der Waals surface area (Å²) in [6.45, 7) is 5.40. The number of allylic oxidation sites excluding steroid dienone is 3. The van der Waals surface area contributed by atoms with Gasteiger partial charge in [0.1, 0.15) is 10.5 Å².